The summed E-state index contributed by atoms with van der Waals surface area (Å²) in [4.78, 5) is 22.3. The van der Waals surface area contributed by atoms with Crippen molar-refractivity contribution in [1.82, 2.24) is 19.5 Å². The third kappa shape index (κ3) is 5.78. The maximum absolute atomic E-state index is 12.3. The van der Waals surface area contributed by atoms with Gasteiger partial charge in [0.1, 0.15) is 30.2 Å². The van der Waals surface area contributed by atoms with Crippen LogP contribution in [-0.2, 0) is 23.1 Å². The van der Waals surface area contributed by atoms with E-state index >= 15 is 0 Å². The van der Waals surface area contributed by atoms with Crippen molar-refractivity contribution in [2.24, 2.45) is 0 Å². The second-order valence-electron chi connectivity index (χ2n) is 9.30. The summed E-state index contributed by atoms with van der Waals surface area (Å²) in [7, 11) is -4.36. The van der Waals surface area contributed by atoms with Crippen LogP contribution in [0.4, 0.5) is 5.82 Å². The lowest BCUT2D eigenvalue weighted by Crippen LogP contribution is -2.41. The van der Waals surface area contributed by atoms with Crippen LogP contribution in [0.3, 0.4) is 0 Å². The summed E-state index contributed by atoms with van der Waals surface area (Å²) < 4.78 is 36.0. The third-order valence-corrected chi connectivity index (χ3v) is 5.51. The van der Waals surface area contributed by atoms with Crippen LogP contribution in [0, 0.1) is 0 Å². The molecule has 31 heavy (non-hydrogen) atoms. The highest BCUT2D eigenvalue weighted by atomic mass is 31.2. The molecule has 12 nitrogen and oxygen atoms in total. The highest BCUT2D eigenvalue weighted by molar-refractivity contribution is 7.47. The third-order valence-electron chi connectivity index (χ3n) is 4.25. The highest BCUT2D eigenvalue weighted by Crippen LogP contribution is 2.48. The standard InChI is InChI=1S/C18H30N5O7P/c1-17(2,3)29-13-10(7-27-31(25,26)30-18(4,5)6)28-16(12(13)24)23-9-22-11-14(19)20-8-21-15(11)23/h8-10,12-13,16,24H,7H2,1-6H3,(H,25,26)(H2,19,20,21). The van der Waals surface area contributed by atoms with Gasteiger partial charge in [0, 0.05) is 0 Å². The largest absolute Gasteiger partial charge is 0.472 e. The number of imidazole rings is 1. The Balaban J connectivity index is 1.85. The fraction of sp³-hybridized carbons (Fsp3) is 0.722. The number of anilines is 1. The Labute approximate surface area is 180 Å². The Morgan fingerprint density at radius 3 is 2.48 bits per heavy atom. The summed E-state index contributed by atoms with van der Waals surface area (Å²) in [6.07, 6.45) is -1.12. The van der Waals surface area contributed by atoms with E-state index in [0.717, 1.165) is 0 Å². The molecule has 5 atom stereocenters. The van der Waals surface area contributed by atoms with Crippen molar-refractivity contribution in [3.05, 3.63) is 12.7 Å². The zero-order valence-corrected chi connectivity index (χ0v) is 19.3. The fourth-order valence-electron chi connectivity index (χ4n) is 3.23. The number of rotatable bonds is 6. The van der Waals surface area contributed by atoms with Gasteiger partial charge in [-0.3, -0.25) is 13.6 Å². The molecule has 5 unspecified atom stereocenters. The van der Waals surface area contributed by atoms with Gasteiger partial charge in [-0.2, -0.15) is 0 Å². The molecule has 3 heterocycles. The first kappa shape index (κ1) is 24.0. The highest BCUT2D eigenvalue weighted by Gasteiger charge is 2.48. The average Bonchev–Trinajstić information content (AvgIpc) is 3.13. The Morgan fingerprint density at radius 2 is 1.87 bits per heavy atom. The summed E-state index contributed by atoms with van der Waals surface area (Å²) in [6.45, 7) is 10.0. The van der Waals surface area contributed by atoms with Crippen LogP contribution < -0.4 is 5.73 Å². The molecular formula is C18H30N5O7P. The molecule has 1 aliphatic rings. The fourth-order valence-corrected chi connectivity index (χ4v) is 4.31. The second kappa shape index (κ2) is 8.36. The molecule has 1 fully saturated rings. The molecule has 0 amide bonds. The number of hydrogen-bond donors (Lipinski definition) is 3. The van der Waals surface area contributed by atoms with Gasteiger partial charge in [0.15, 0.2) is 17.7 Å². The number of ether oxygens (including phenoxy) is 2. The lowest BCUT2D eigenvalue weighted by atomic mass is 10.1. The van der Waals surface area contributed by atoms with E-state index in [4.69, 9.17) is 24.3 Å². The smallest absolute Gasteiger partial charge is 0.386 e. The lowest BCUT2D eigenvalue weighted by Gasteiger charge is -2.30. The number of nitrogens with two attached hydrogens (primary N) is 1. The minimum atomic E-state index is -4.36. The summed E-state index contributed by atoms with van der Waals surface area (Å²) >= 11 is 0. The van der Waals surface area contributed by atoms with E-state index < -0.39 is 43.6 Å². The van der Waals surface area contributed by atoms with Crippen molar-refractivity contribution in [1.29, 1.82) is 0 Å². The average molecular weight is 459 g/mol. The zero-order chi connectivity index (χ0) is 23.2. The monoisotopic (exact) mass is 459 g/mol. The molecule has 4 N–H and O–H groups in total. The number of aromatic nitrogens is 4. The van der Waals surface area contributed by atoms with Gasteiger partial charge < -0.3 is 25.2 Å². The lowest BCUT2D eigenvalue weighted by molar-refractivity contribution is -0.119. The Kier molecular flexibility index (Phi) is 6.47. The summed E-state index contributed by atoms with van der Waals surface area (Å²) in [5.74, 6) is 0.194. The van der Waals surface area contributed by atoms with Crippen molar-refractivity contribution in [3.8, 4) is 0 Å². The minimum Gasteiger partial charge on any atom is -0.386 e. The number of phosphoric acid groups is 1. The van der Waals surface area contributed by atoms with Gasteiger partial charge in [-0.15, -0.1) is 0 Å². The second-order valence-corrected chi connectivity index (χ2v) is 10.7. The Bertz CT molecular complexity index is 970. The van der Waals surface area contributed by atoms with Gasteiger partial charge in [0.2, 0.25) is 0 Å². The molecule has 2 aromatic rings. The molecular weight excluding hydrogens is 429 g/mol. The quantitative estimate of drug-likeness (QED) is 0.539. The zero-order valence-electron chi connectivity index (χ0n) is 18.4. The topological polar surface area (TPSA) is 164 Å². The molecule has 0 spiro atoms. The SMILES string of the molecule is CC(C)(C)OC1C(COP(=O)(O)OC(C)(C)C)OC(n2cnc3c(N)ncnc32)C1O. The number of aliphatic hydroxyl groups excluding tert-OH is 1. The number of phosphoric ester groups is 1. The van der Waals surface area contributed by atoms with Gasteiger partial charge in [-0.1, -0.05) is 0 Å². The molecule has 13 heteroatoms. The van der Waals surface area contributed by atoms with Gasteiger partial charge in [-0.05, 0) is 41.5 Å². The van der Waals surface area contributed by atoms with Crippen molar-refractivity contribution >= 4 is 24.8 Å². The molecule has 1 aliphatic heterocycles. The number of hydrogen-bond acceptors (Lipinski definition) is 10. The minimum absolute atomic E-state index is 0.194. The van der Waals surface area contributed by atoms with Crippen molar-refractivity contribution in [2.75, 3.05) is 12.3 Å². The van der Waals surface area contributed by atoms with Crippen molar-refractivity contribution in [3.63, 3.8) is 0 Å². The maximum Gasteiger partial charge on any atom is 0.472 e. The molecule has 0 aromatic carbocycles. The van der Waals surface area contributed by atoms with Crippen LogP contribution in [0.5, 0.6) is 0 Å². The number of nitrogen functional groups attached to an aromatic ring is 1. The van der Waals surface area contributed by atoms with E-state index in [1.165, 1.54) is 17.2 Å². The molecule has 0 aliphatic carbocycles. The summed E-state index contributed by atoms with van der Waals surface area (Å²) in [6, 6.07) is 0. The molecule has 174 valence electrons. The van der Waals surface area contributed by atoms with E-state index in [1.54, 1.807) is 20.8 Å². The van der Waals surface area contributed by atoms with Crippen LogP contribution in [0.1, 0.15) is 47.8 Å². The maximum atomic E-state index is 12.3. The van der Waals surface area contributed by atoms with E-state index in [2.05, 4.69) is 15.0 Å². The van der Waals surface area contributed by atoms with Gasteiger partial charge in [-0.25, -0.2) is 19.5 Å². The molecule has 0 radical (unpaired) electrons. The summed E-state index contributed by atoms with van der Waals surface area (Å²) in [5, 5.41) is 11.0. The number of aliphatic hydroxyl groups is 1. The normalized spacial score (nSPS) is 27.0. The predicted molar refractivity (Wildman–Crippen MR) is 111 cm³/mol. The molecule has 0 saturated carbocycles. The summed E-state index contributed by atoms with van der Waals surface area (Å²) in [5.41, 5.74) is 5.06. The number of nitrogens with zero attached hydrogens (tertiary/aromatic N) is 4. The van der Waals surface area contributed by atoms with Gasteiger partial charge in [0.25, 0.3) is 0 Å². The van der Waals surface area contributed by atoms with Crippen LogP contribution in [0.15, 0.2) is 12.7 Å². The van der Waals surface area contributed by atoms with Gasteiger partial charge >= 0.3 is 7.82 Å². The molecule has 1 saturated heterocycles. The van der Waals surface area contributed by atoms with Gasteiger partial charge in [0.05, 0.1) is 24.1 Å². The van der Waals surface area contributed by atoms with E-state index in [-0.39, 0.29) is 12.4 Å². The van der Waals surface area contributed by atoms with Crippen molar-refractivity contribution in [2.45, 2.75) is 77.3 Å². The Morgan fingerprint density at radius 1 is 1.19 bits per heavy atom. The van der Waals surface area contributed by atoms with Crippen LogP contribution in [0.25, 0.3) is 11.2 Å². The number of fused-ring (bicyclic) bond motifs is 1. The van der Waals surface area contributed by atoms with Crippen molar-refractivity contribution < 1.29 is 33.1 Å². The molecule has 2 aromatic heterocycles. The molecule has 3 rings (SSSR count). The Hall–Kier alpha value is -1.66. The van der Waals surface area contributed by atoms with E-state index in [9.17, 15) is 14.6 Å². The first-order valence-corrected chi connectivity index (χ1v) is 11.3. The predicted octanol–water partition coefficient (Wildman–Crippen LogP) is 1.78. The first-order valence-electron chi connectivity index (χ1n) is 9.79. The van der Waals surface area contributed by atoms with E-state index in [1.807, 2.05) is 20.8 Å². The molecule has 0 bridgehead atoms. The van der Waals surface area contributed by atoms with Crippen LogP contribution in [0.2, 0.25) is 0 Å². The van der Waals surface area contributed by atoms with Crippen LogP contribution in [-0.4, -0.2) is 65.6 Å². The van der Waals surface area contributed by atoms with E-state index in [0.29, 0.717) is 11.2 Å². The first-order chi connectivity index (χ1) is 14.2. The van der Waals surface area contributed by atoms with Crippen LogP contribution >= 0.6 is 7.82 Å².